The molecule has 1 N–H and O–H groups in total. The van der Waals surface area contributed by atoms with Crippen molar-refractivity contribution in [2.45, 2.75) is 13.5 Å². The van der Waals surface area contributed by atoms with E-state index in [4.69, 9.17) is 4.98 Å². The zero-order chi connectivity index (χ0) is 14.8. The van der Waals surface area contributed by atoms with Crippen LogP contribution in [0.15, 0.2) is 48.5 Å². The van der Waals surface area contributed by atoms with Crippen molar-refractivity contribution in [2.75, 3.05) is 0 Å². The fourth-order valence-electron chi connectivity index (χ4n) is 3.62. The Labute approximate surface area is 127 Å². The normalized spacial score (nSPS) is 12.8. The highest BCUT2D eigenvalue weighted by molar-refractivity contribution is 6.03. The van der Waals surface area contributed by atoms with Gasteiger partial charge in [-0.15, -0.1) is 0 Å². The van der Waals surface area contributed by atoms with Crippen LogP contribution in [-0.4, -0.2) is 14.7 Å². The van der Waals surface area contributed by atoms with Gasteiger partial charge < -0.3 is 9.67 Å². The van der Waals surface area contributed by atoms with Crippen LogP contribution >= 0.6 is 0 Å². The lowest BCUT2D eigenvalue weighted by Crippen LogP contribution is -2.09. The number of hydrogen-bond donors (Lipinski definition) is 1. The predicted molar refractivity (Wildman–Crippen MR) is 88.2 cm³/mol. The van der Waals surface area contributed by atoms with Crippen molar-refractivity contribution in [3.05, 3.63) is 59.7 Å². The number of imidazole rings is 1. The highest BCUT2D eigenvalue weighted by Gasteiger charge is 2.23. The summed E-state index contributed by atoms with van der Waals surface area (Å²) >= 11 is 0. The van der Waals surface area contributed by atoms with Gasteiger partial charge in [0.1, 0.15) is 11.6 Å². The molecular weight excluding hydrogens is 272 g/mol. The van der Waals surface area contributed by atoms with Gasteiger partial charge in [0.25, 0.3) is 0 Å². The van der Waals surface area contributed by atoms with E-state index in [1.807, 2.05) is 37.3 Å². The maximum Gasteiger partial charge on any atom is 0.142 e. The average Bonchev–Trinajstić information content (AvgIpc) is 2.91. The van der Waals surface area contributed by atoms with Crippen LogP contribution in [-0.2, 0) is 6.54 Å². The lowest BCUT2D eigenvalue weighted by molar-refractivity contribution is 0.471. The Bertz CT molecular complexity index is 1080. The number of aromatic nitrogens is 2. The van der Waals surface area contributed by atoms with E-state index in [0.29, 0.717) is 5.75 Å². The number of rotatable bonds is 0. The lowest BCUT2D eigenvalue weighted by Gasteiger charge is -2.21. The maximum absolute atomic E-state index is 10.2. The number of phenols is 1. The van der Waals surface area contributed by atoms with Crippen molar-refractivity contribution in [2.24, 2.45) is 0 Å². The van der Waals surface area contributed by atoms with Crippen LogP contribution in [0.4, 0.5) is 0 Å². The molecule has 22 heavy (non-hydrogen) atoms. The molecule has 0 bridgehead atoms. The van der Waals surface area contributed by atoms with Gasteiger partial charge in [0.2, 0.25) is 0 Å². The topological polar surface area (TPSA) is 38.1 Å². The molecule has 106 valence electrons. The molecule has 0 atom stereocenters. The van der Waals surface area contributed by atoms with Gasteiger partial charge in [-0.2, -0.15) is 0 Å². The molecule has 3 aromatic carbocycles. The first-order chi connectivity index (χ1) is 10.7. The summed E-state index contributed by atoms with van der Waals surface area (Å²) in [4.78, 5) is 4.83. The molecule has 0 saturated heterocycles. The summed E-state index contributed by atoms with van der Waals surface area (Å²) in [6.45, 7) is 2.72. The fraction of sp³-hybridized carbons (Fsp3) is 0.105. The van der Waals surface area contributed by atoms with Gasteiger partial charge >= 0.3 is 0 Å². The first-order valence-corrected chi connectivity index (χ1v) is 7.44. The molecule has 0 fully saturated rings. The Balaban J connectivity index is 1.98. The van der Waals surface area contributed by atoms with Gasteiger partial charge in [0, 0.05) is 5.56 Å². The summed E-state index contributed by atoms with van der Waals surface area (Å²) in [6, 6.07) is 16.4. The van der Waals surface area contributed by atoms with Gasteiger partial charge in [-0.25, -0.2) is 4.98 Å². The first-order valence-electron chi connectivity index (χ1n) is 7.44. The minimum Gasteiger partial charge on any atom is -0.508 e. The molecular formula is C19H14N2O. The number of nitrogens with zero attached hydrogens (tertiary/aromatic N) is 2. The molecule has 3 nitrogen and oxygen atoms in total. The van der Waals surface area contributed by atoms with E-state index in [9.17, 15) is 5.11 Å². The average molecular weight is 286 g/mol. The molecule has 0 saturated carbocycles. The number of para-hydroxylation sites is 2. The van der Waals surface area contributed by atoms with Crippen molar-refractivity contribution in [1.29, 1.82) is 0 Å². The smallest absolute Gasteiger partial charge is 0.142 e. The summed E-state index contributed by atoms with van der Waals surface area (Å²) in [5, 5.41) is 12.6. The molecule has 0 spiro atoms. The molecule has 3 heteroatoms. The molecule has 1 aliphatic heterocycles. The van der Waals surface area contributed by atoms with E-state index in [1.165, 1.54) is 5.39 Å². The van der Waals surface area contributed by atoms with Gasteiger partial charge in [-0.1, -0.05) is 30.3 Å². The number of benzene rings is 3. The number of fused-ring (bicyclic) bond motifs is 4. The standard InChI is InChI=1S/C19H14N2O/c1-11-13-5-4-6-14-18(13)12(9-17(11)22)10-21-16-8-3-2-7-15(16)20-19(14)21/h2-9,22H,10H2,1H3. The number of aryl methyl sites for hydroxylation is 1. The van der Waals surface area contributed by atoms with E-state index in [0.717, 1.165) is 45.5 Å². The Morgan fingerprint density at radius 1 is 1.09 bits per heavy atom. The molecule has 0 aliphatic carbocycles. The van der Waals surface area contributed by atoms with Crippen LogP contribution in [0.3, 0.4) is 0 Å². The zero-order valence-electron chi connectivity index (χ0n) is 12.2. The van der Waals surface area contributed by atoms with Crippen LogP contribution < -0.4 is 0 Å². The van der Waals surface area contributed by atoms with Crippen LogP contribution in [0.1, 0.15) is 11.1 Å². The minimum atomic E-state index is 0.368. The first kappa shape index (κ1) is 11.8. The second-order valence-electron chi connectivity index (χ2n) is 5.92. The van der Waals surface area contributed by atoms with Crippen molar-refractivity contribution in [3.63, 3.8) is 0 Å². The summed E-state index contributed by atoms with van der Waals surface area (Å²) in [7, 11) is 0. The van der Waals surface area contributed by atoms with Crippen LogP contribution in [0.25, 0.3) is 33.2 Å². The molecule has 2 heterocycles. The summed E-state index contributed by atoms with van der Waals surface area (Å²) < 4.78 is 2.24. The SMILES string of the molecule is Cc1c(O)cc2c3c(cccc13)-c1nc3ccccc3n1C2. The number of phenolic OH excluding ortho intramolecular Hbond substituents is 1. The van der Waals surface area contributed by atoms with E-state index in [-0.39, 0.29) is 0 Å². The van der Waals surface area contributed by atoms with Crippen molar-refractivity contribution >= 4 is 21.8 Å². The van der Waals surface area contributed by atoms with E-state index >= 15 is 0 Å². The van der Waals surface area contributed by atoms with Crippen LogP contribution in [0.5, 0.6) is 5.75 Å². The van der Waals surface area contributed by atoms with Crippen molar-refractivity contribution in [1.82, 2.24) is 9.55 Å². The van der Waals surface area contributed by atoms with Crippen molar-refractivity contribution in [3.8, 4) is 17.1 Å². The molecule has 0 radical (unpaired) electrons. The van der Waals surface area contributed by atoms with Crippen molar-refractivity contribution < 1.29 is 5.11 Å². The second-order valence-corrected chi connectivity index (χ2v) is 5.92. The lowest BCUT2D eigenvalue weighted by atomic mass is 9.92. The van der Waals surface area contributed by atoms with Gasteiger partial charge in [-0.05, 0) is 47.0 Å². The van der Waals surface area contributed by atoms with E-state index < -0.39 is 0 Å². The third-order valence-electron chi connectivity index (χ3n) is 4.71. The maximum atomic E-state index is 10.2. The third-order valence-corrected chi connectivity index (χ3v) is 4.71. The Hall–Kier alpha value is -2.81. The molecule has 1 aliphatic rings. The molecule has 0 amide bonds. The van der Waals surface area contributed by atoms with E-state index in [2.05, 4.69) is 22.8 Å². The second kappa shape index (κ2) is 3.89. The Morgan fingerprint density at radius 3 is 2.86 bits per heavy atom. The summed E-state index contributed by atoms with van der Waals surface area (Å²) in [6.07, 6.45) is 0. The highest BCUT2D eigenvalue weighted by atomic mass is 16.3. The fourth-order valence-corrected chi connectivity index (χ4v) is 3.62. The van der Waals surface area contributed by atoms with Crippen LogP contribution in [0.2, 0.25) is 0 Å². The number of aromatic hydroxyl groups is 1. The monoisotopic (exact) mass is 286 g/mol. The minimum absolute atomic E-state index is 0.368. The third kappa shape index (κ3) is 1.33. The Morgan fingerprint density at radius 2 is 1.95 bits per heavy atom. The molecule has 1 aromatic heterocycles. The predicted octanol–water partition coefficient (Wildman–Crippen LogP) is 4.23. The molecule has 4 aromatic rings. The zero-order valence-corrected chi connectivity index (χ0v) is 12.2. The summed E-state index contributed by atoms with van der Waals surface area (Å²) in [5.41, 5.74) is 5.40. The quantitative estimate of drug-likeness (QED) is 0.462. The largest absolute Gasteiger partial charge is 0.508 e. The van der Waals surface area contributed by atoms with Gasteiger partial charge in [-0.3, -0.25) is 0 Å². The van der Waals surface area contributed by atoms with Gasteiger partial charge in [0.15, 0.2) is 0 Å². The van der Waals surface area contributed by atoms with Crippen LogP contribution in [0, 0.1) is 6.92 Å². The highest BCUT2D eigenvalue weighted by Crippen LogP contribution is 2.41. The number of hydrogen-bond acceptors (Lipinski definition) is 2. The van der Waals surface area contributed by atoms with Gasteiger partial charge in [0.05, 0.1) is 17.6 Å². The molecule has 0 unspecified atom stereocenters. The molecule has 5 rings (SSSR count). The summed E-state index contributed by atoms with van der Waals surface area (Å²) in [5.74, 6) is 1.39. The Kier molecular flexibility index (Phi) is 2.09. The van der Waals surface area contributed by atoms with E-state index in [1.54, 1.807) is 0 Å².